The second-order valence-corrected chi connectivity index (χ2v) is 7.21. The van der Waals surface area contributed by atoms with Crippen molar-refractivity contribution in [3.8, 4) is 0 Å². The summed E-state index contributed by atoms with van der Waals surface area (Å²) < 4.78 is 3.30. The second-order valence-electron chi connectivity index (χ2n) is 6.26. The van der Waals surface area contributed by atoms with Gasteiger partial charge in [-0.15, -0.1) is 11.3 Å². The van der Waals surface area contributed by atoms with E-state index in [1.807, 2.05) is 24.3 Å². The first-order chi connectivity index (χ1) is 11.1. The van der Waals surface area contributed by atoms with E-state index in [0.717, 1.165) is 15.9 Å². The third-order valence-electron chi connectivity index (χ3n) is 4.03. The summed E-state index contributed by atoms with van der Waals surface area (Å²) in [6, 6.07) is 14.5. The monoisotopic (exact) mass is 326 g/mol. The maximum atomic E-state index is 12.6. The molecule has 1 N–H and O–H groups in total. The smallest absolute Gasteiger partial charge is 0.268 e. The number of nitrogens with zero attached hydrogens (tertiary/aromatic N) is 1. The van der Waals surface area contributed by atoms with Crippen LogP contribution in [0.4, 0.5) is 0 Å². The average Bonchev–Trinajstić information content (AvgIpc) is 3.13. The van der Waals surface area contributed by atoms with Crippen molar-refractivity contribution in [2.24, 2.45) is 5.92 Å². The fourth-order valence-corrected chi connectivity index (χ4v) is 3.62. The van der Waals surface area contributed by atoms with E-state index in [-0.39, 0.29) is 11.9 Å². The van der Waals surface area contributed by atoms with Gasteiger partial charge in [0.25, 0.3) is 5.91 Å². The summed E-state index contributed by atoms with van der Waals surface area (Å²) in [4.78, 5) is 12.6. The van der Waals surface area contributed by atoms with Gasteiger partial charge in [0.05, 0.1) is 16.3 Å². The Morgan fingerprint density at radius 3 is 2.61 bits per heavy atom. The van der Waals surface area contributed by atoms with E-state index in [9.17, 15) is 4.79 Å². The number of amides is 1. The molecule has 3 nitrogen and oxygen atoms in total. The predicted octanol–water partition coefficient (Wildman–Crippen LogP) is 4.70. The second kappa shape index (κ2) is 6.59. The van der Waals surface area contributed by atoms with E-state index in [1.54, 1.807) is 11.3 Å². The van der Waals surface area contributed by atoms with Crippen LogP contribution in [0.2, 0.25) is 0 Å². The summed E-state index contributed by atoms with van der Waals surface area (Å²) in [5.41, 5.74) is 3.07. The third-order valence-corrected chi connectivity index (χ3v) is 4.89. The van der Waals surface area contributed by atoms with Crippen LogP contribution in [0, 0.1) is 5.92 Å². The lowest BCUT2D eigenvalue weighted by Gasteiger charge is -2.19. The number of carbonyl (C=O) groups is 1. The summed E-state index contributed by atoms with van der Waals surface area (Å²) in [5, 5.41) is 5.12. The van der Waals surface area contributed by atoms with Crippen molar-refractivity contribution < 1.29 is 4.79 Å². The number of benzene rings is 1. The van der Waals surface area contributed by atoms with Crippen molar-refractivity contribution in [1.29, 1.82) is 0 Å². The largest absolute Gasteiger partial charge is 0.351 e. The zero-order chi connectivity index (χ0) is 16.4. The van der Waals surface area contributed by atoms with Crippen LogP contribution in [0.5, 0.6) is 0 Å². The highest BCUT2D eigenvalue weighted by Gasteiger charge is 2.21. The van der Waals surface area contributed by atoms with Crippen LogP contribution in [0.1, 0.15) is 42.9 Å². The molecule has 0 fully saturated rings. The Labute approximate surface area is 140 Å². The lowest BCUT2D eigenvalue weighted by Crippen LogP contribution is -2.29. The van der Waals surface area contributed by atoms with Gasteiger partial charge in [0.15, 0.2) is 0 Å². The molecule has 1 atom stereocenters. The molecule has 2 aromatic heterocycles. The molecule has 23 heavy (non-hydrogen) atoms. The van der Waals surface area contributed by atoms with Gasteiger partial charge in [-0.3, -0.25) is 4.79 Å². The van der Waals surface area contributed by atoms with Crippen LogP contribution in [-0.4, -0.2) is 17.0 Å². The van der Waals surface area contributed by atoms with Crippen LogP contribution in [0.15, 0.2) is 47.8 Å². The Morgan fingerprint density at radius 1 is 1.17 bits per heavy atom. The van der Waals surface area contributed by atoms with E-state index in [2.05, 4.69) is 54.2 Å². The molecule has 0 bridgehead atoms. The van der Waals surface area contributed by atoms with E-state index < -0.39 is 0 Å². The minimum atomic E-state index is 0.00452. The van der Waals surface area contributed by atoms with Gasteiger partial charge in [-0.05, 0) is 35.9 Å². The molecular formula is C19H22N2OS. The van der Waals surface area contributed by atoms with Gasteiger partial charge in [0.2, 0.25) is 0 Å². The van der Waals surface area contributed by atoms with Gasteiger partial charge in [-0.1, -0.05) is 44.2 Å². The first kappa shape index (κ1) is 15.8. The number of thiophene rings is 1. The van der Waals surface area contributed by atoms with Crippen LogP contribution < -0.4 is 5.32 Å². The van der Waals surface area contributed by atoms with Crippen molar-refractivity contribution in [3.63, 3.8) is 0 Å². The Bertz CT molecular complexity index is 801. The number of hydrogen-bond acceptors (Lipinski definition) is 2. The van der Waals surface area contributed by atoms with Gasteiger partial charge >= 0.3 is 0 Å². The molecule has 0 saturated carbocycles. The van der Waals surface area contributed by atoms with Crippen molar-refractivity contribution in [2.75, 3.05) is 6.54 Å². The number of rotatable bonds is 5. The van der Waals surface area contributed by atoms with Crippen molar-refractivity contribution in [1.82, 2.24) is 9.88 Å². The van der Waals surface area contributed by atoms with E-state index in [0.29, 0.717) is 12.5 Å². The Morgan fingerprint density at radius 2 is 1.91 bits per heavy atom. The molecule has 3 aromatic rings. The number of aromatic nitrogens is 1. The molecule has 3 rings (SSSR count). The highest BCUT2D eigenvalue weighted by molar-refractivity contribution is 7.17. The summed E-state index contributed by atoms with van der Waals surface area (Å²) in [6.07, 6.45) is 0. The minimum Gasteiger partial charge on any atom is -0.351 e. The third kappa shape index (κ3) is 3.17. The van der Waals surface area contributed by atoms with Gasteiger partial charge in [0, 0.05) is 6.54 Å². The molecule has 0 unspecified atom stereocenters. The van der Waals surface area contributed by atoms with Crippen LogP contribution in [-0.2, 0) is 0 Å². The van der Waals surface area contributed by atoms with E-state index in [4.69, 9.17) is 0 Å². The van der Waals surface area contributed by atoms with Crippen LogP contribution in [0.25, 0.3) is 10.2 Å². The predicted molar refractivity (Wildman–Crippen MR) is 97.2 cm³/mol. The molecule has 0 spiro atoms. The van der Waals surface area contributed by atoms with Gasteiger partial charge in [0.1, 0.15) is 5.69 Å². The fourth-order valence-electron chi connectivity index (χ4n) is 2.80. The molecule has 2 heterocycles. The SMILES string of the molecule is CC(C)CNC(=O)c1cc2sccc2n1[C@@H](C)c1ccccc1. The Balaban J connectivity index is 2.02. The molecule has 1 amide bonds. The summed E-state index contributed by atoms with van der Waals surface area (Å²) >= 11 is 1.68. The van der Waals surface area contributed by atoms with Gasteiger partial charge < -0.3 is 9.88 Å². The highest BCUT2D eigenvalue weighted by atomic mass is 32.1. The standard InChI is InChI=1S/C19H22N2OS/c1-13(2)12-20-19(22)17-11-18-16(9-10-23-18)21(17)14(3)15-7-5-4-6-8-15/h4-11,13-14H,12H2,1-3H3,(H,20,22)/t14-/m0/s1. The van der Waals surface area contributed by atoms with Crippen molar-refractivity contribution in [2.45, 2.75) is 26.8 Å². The van der Waals surface area contributed by atoms with Crippen LogP contribution >= 0.6 is 11.3 Å². The topological polar surface area (TPSA) is 34.0 Å². The molecule has 0 radical (unpaired) electrons. The van der Waals surface area contributed by atoms with Gasteiger partial charge in [-0.2, -0.15) is 0 Å². The van der Waals surface area contributed by atoms with Crippen LogP contribution in [0.3, 0.4) is 0 Å². The summed E-state index contributed by atoms with van der Waals surface area (Å²) in [6.45, 7) is 7.04. The molecule has 1 aromatic carbocycles. The van der Waals surface area contributed by atoms with Crippen molar-refractivity contribution in [3.05, 3.63) is 59.1 Å². The number of nitrogens with one attached hydrogen (secondary N) is 1. The fraction of sp³-hybridized carbons (Fsp3) is 0.316. The zero-order valence-corrected chi connectivity index (χ0v) is 14.6. The lowest BCUT2D eigenvalue weighted by molar-refractivity contribution is 0.0939. The Hall–Kier alpha value is -2.07. The molecule has 0 aliphatic carbocycles. The first-order valence-corrected chi connectivity index (χ1v) is 8.87. The summed E-state index contributed by atoms with van der Waals surface area (Å²) in [5.74, 6) is 0.444. The molecule has 4 heteroatoms. The number of fused-ring (bicyclic) bond motifs is 1. The zero-order valence-electron chi connectivity index (χ0n) is 13.7. The summed E-state index contributed by atoms with van der Waals surface area (Å²) in [7, 11) is 0. The number of carbonyl (C=O) groups excluding carboxylic acids is 1. The number of hydrogen-bond donors (Lipinski definition) is 1. The lowest BCUT2D eigenvalue weighted by atomic mass is 10.1. The highest BCUT2D eigenvalue weighted by Crippen LogP contribution is 2.31. The minimum absolute atomic E-state index is 0.00452. The van der Waals surface area contributed by atoms with E-state index in [1.165, 1.54) is 5.56 Å². The molecule has 0 aliphatic rings. The molecule has 0 aliphatic heterocycles. The molecule has 120 valence electrons. The maximum Gasteiger partial charge on any atom is 0.268 e. The normalized spacial score (nSPS) is 12.7. The van der Waals surface area contributed by atoms with E-state index >= 15 is 0 Å². The average molecular weight is 326 g/mol. The molecular weight excluding hydrogens is 304 g/mol. The maximum absolute atomic E-state index is 12.6. The Kier molecular flexibility index (Phi) is 4.53. The quantitative estimate of drug-likeness (QED) is 0.724. The van der Waals surface area contributed by atoms with Gasteiger partial charge in [-0.25, -0.2) is 0 Å². The molecule has 0 saturated heterocycles. The van der Waals surface area contributed by atoms with Crippen molar-refractivity contribution >= 4 is 27.5 Å². The first-order valence-electron chi connectivity index (χ1n) is 7.99.